The maximum absolute atomic E-state index is 12.1. The Morgan fingerprint density at radius 2 is 2.22 bits per heavy atom. The highest BCUT2D eigenvalue weighted by Crippen LogP contribution is 2.13. The van der Waals surface area contributed by atoms with Gasteiger partial charge >= 0.3 is 5.97 Å². The Bertz CT molecular complexity index is 523. The van der Waals surface area contributed by atoms with Gasteiger partial charge in [-0.2, -0.15) is 4.31 Å². The first-order valence-electron chi connectivity index (χ1n) is 5.50. The van der Waals surface area contributed by atoms with E-state index in [0.29, 0.717) is 6.54 Å². The van der Waals surface area contributed by atoms with E-state index in [1.807, 2.05) is 6.92 Å². The second-order valence-corrected chi connectivity index (χ2v) is 6.06. The smallest absolute Gasteiger partial charge is 0.307 e. The first-order chi connectivity index (χ1) is 8.28. The van der Waals surface area contributed by atoms with Crippen LogP contribution in [0.4, 0.5) is 0 Å². The Hall–Kier alpha value is -1.41. The number of sulfonamides is 1. The van der Waals surface area contributed by atoms with Gasteiger partial charge in [-0.25, -0.2) is 13.4 Å². The third kappa shape index (κ3) is 3.08. The topological polar surface area (TPSA) is 92.5 Å². The summed E-state index contributed by atoms with van der Waals surface area (Å²) in [7, 11) is -2.37. The Labute approximate surface area is 106 Å². The largest absolute Gasteiger partial charge is 0.481 e. The van der Waals surface area contributed by atoms with Crippen LogP contribution in [0.3, 0.4) is 0 Å². The molecular weight excluding hydrogens is 258 g/mol. The maximum atomic E-state index is 12.1. The lowest BCUT2D eigenvalue weighted by molar-refractivity contribution is -0.141. The lowest BCUT2D eigenvalue weighted by Crippen LogP contribution is -2.33. The van der Waals surface area contributed by atoms with Crippen molar-refractivity contribution in [2.75, 3.05) is 13.6 Å². The predicted molar refractivity (Wildman–Crippen MR) is 64.5 cm³/mol. The minimum Gasteiger partial charge on any atom is -0.481 e. The summed E-state index contributed by atoms with van der Waals surface area (Å²) in [5, 5.41) is 8.70. The Morgan fingerprint density at radius 3 is 2.67 bits per heavy atom. The van der Waals surface area contributed by atoms with E-state index in [9.17, 15) is 13.2 Å². The summed E-state index contributed by atoms with van der Waals surface area (Å²) in [5.74, 6) is -1.80. The van der Waals surface area contributed by atoms with Gasteiger partial charge in [-0.1, -0.05) is 6.92 Å². The van der Waals surface area contributed by atoms with Gasteiger partial charge in [-0.3, -0.25) is 4.79 Å². The number of carbonyl (C=O) groups is 1. The molecule has 0 fully saturated rings. The van der Waals surface area contributed by atoms with Crippen LogP contribution >= 0.6 is 0 Å². The average Bonchev–Trinajstić information content (AvgIpc) is 2.77. The fourth-order valence-corrected chi connectivity index (χ4v) is 2.56. The maximum Gasteiger partial charge on any atom is 0.307 e. The molecule has 0 aromatic carbocycles. The number of rotatable bonds is 6. The normalized spacial score (nSPS) is 13.8. The van der Waals surface area contributed by atoms with Gasteiger partial charge in [0.15, 0.2) is 5.03 Å². The first kappa shape index (κ1) is 14.7. The van der Waals surface area contributed by atoms with Crippen LogP contribution in [0.1, 0.15) is 13.8 Å². The molecule has 1 aromatic heterocycles. The van der Waals surface area contributed by atoms with Gasteiger partial charge in [0.05, 0.1) is 12.2 Å². The molecule has 1 heterocycles. The van der Waals surface area contributed by atoms with Crippen molar-refractivity contribution >= 4 is 16.0 Å². The molecule has 1 atom stereocenters. The summed E-state index contributed by atoms with van der Waals surface area (Å²) in [5.41, 5.74) is 0. The van der Waals surface area contributed by atoms with E-state index in [0.717, 1.165) is 4.31 Å². The van der Waals surface area contributed by atoms with Crippen molar-refractivity contribution in [2.24, 2.45) is 5.92 Å². The minimum absolute atomic E-state index is 0.0653. The molecule has 0 amide bonds. The highest BCUT2D eigenvalue weighted by molar-refractivity contribution is 7.89. The van der Waals surface area contributed by atoms with Crippen molar-refractivity contribution in [1.29, 1.82) is 0 Å². The van der Waals surface area contributed by atoms with Gasteiger partial charge in [0, 0.05) is 26.3 Å². The number of hydrogen-bond donors (Lipinski definition) is 1. The molecule has 0 radical (unpaired) electrons. The summed E-state index contributed by atoms with van der Waals surface area (Å²) in [6, 6.07) is 0. The molecule has 0 saturated heterocycles. The van der Waals surface area contributed by atoms with Crippen molar-refractivity contribution in [1.82, 2.24) is 13.9 Å². The van der Waals surface area contributed by atoms with Crippen LogP contribution in [0.25, 0.3) is 0 Å². The van der Waals surface area contributed by atoms with Crippen LogP contribution in [0, 0.1) is 5.92 Å². The van der Waals surface area contributed by atoms with Crippen LogP contribution in [0.2, 0.25) is 0 Å². The summed E-state index contributed by atoms with van der Waals surface area (Å²) < 4.78 is 26.8. The number of carboxylic acid groups (broad SMARTS) is 1. The summed E-state index contributed by atoms with van der Waals surface area (Å²) in [6.07, 6.45) is 2.86. The number of carboxylic acids is 1. The van der Waals surface area contributed by atoms with Gasteiger partial charge in [-0.05, 0) is 6.92 Å². The van der Waals surface area contributed by atoms with E-state index in [4.69, 9.17) is 5.11 Å². The zero-order chi connectivity index (χ0) is 13.9. The molecule has 8 heteroatoms. The number of imidazole rings is 1. The van der Waals surface area contributed by atoms with Crippen molar-refractivity contribution < 1.29 is 18.3 Å². The molecule has 18 heavy (non-hydrogen) atoms. The molecule has 0 bridgehead atoms. The van der Waals surface area contributed by atoms with Gasteiger partial charge in [0.25, 0.3) is 10.0 Å². The number of aliphatic carboxylic acids is 1. The molecule has 102 valence electrons. The van der Waals surface area contributed by atoms with E-state index in [2.05, 4.69) is 4.98 Å². The van der Waals surface area contributed by atoms with Crippen molar-refractivity contribution in [3.05, 3.63) is 12.5 Å². The highest BCUT2D eigenvalue weighted by Gasteiger charge is 2.26. The lowest BCUT2D eigenvalue weighted by atomic mass is 10.2. The molecule has 1 aromatic rings. The molecular formula is C10H17N3O4S. The number of aromatic nitrogens is 2. The van der Waals surface area contributed by atoms with E-state index in [1.165, 1.54) is 26.5 Å². The van der Waals surface area contributed by atoms with Crippen molar-refractivity contribution in [3.8, 4) is 0 Å². The van der Waals surface area contributed by atoms with Crippen LogP contribution in [-0.2, 0) is 21.4 Å². The van der Waals surface area contributed by atoms with E-state index >= 15 is 0 Å². The number of nitrogens with zero attached hydrogens (tertiary/aromatic N) is 3. The van der Waals surface area contributed by atoms with Gasteiger partial charge in [-0.15, -0.1) is 0 Å². The van der Waals surface area contributed by atoms with Crippen LogP contribution in [-0.4, -0.2) is 46.9 Å². The monoisotopic (exact) mass is 275 g/mol. The molecule has 0 spiro atoms. The quantitative estimate of drug-likeness (QED) is 0.803. The zero-order valence-corrected chi connectivity index (χ0v) is 11.4. The number of aryl methyl sites for hydroxylation is 1. The highest BCUT2D eigenvalue weighted by atomic mass is 32.2. The third-order valence-electron chi connectivity index (χ3n) is 2.60. The first-order valence-corrected chi connectivity index (χ1v) is 6.94. The van der Waals surface area contributed by atoms with E-state index in [1.54, 1.807) is 4.57 Å². The average molecular weight is 275 g/mol. The fraction of sp³-hybridized carbons (Fsp3) is 0.600. The summed E-state index contributed by atoms with van der Waals surface area (Å²) >= 11 is 0. The summed E-state index contributed by atoms with van der Waals surface area (Å²) in [4.78, 5) is 14.5. The van der Waals surface area contributed by atoms with Gasteiger partial charge < -0.3 is 9.67 Å². The zero-order valence-electron chi connectivity index (χ0n) is 10.6. The molecule has 0 aliphatic carbocycles. The standard InChI is InChI=1S/C10H17N3O4S/c1-4-13-6-9(11-7-13)18(16,17)12(3)5-8(2)10(14)15/h6-8H,4-5H2,1-3H3,(H,14,15). The van der Waals surface area contributed by atoms with Gasteiger partial charge in [0.2, 0.25) is 0 Å². The van der Waals surface area contributed by atoms with Crippen molar-refractivity contribution in [2.45, 2.75) is 25.4 Å². The third-order valence-corrected chi connectivity index (χ3v) is 4.31. The minimum atomic E-state index is -3.72. The van der Waals surface area contributed by atoms with E-state index in [-0.39, 0.29) is 11.6 Å². The summed E-state index contributed by atoms with van der Waals surface area (Å²) in [6.45, 7) is 3.86. The van der Waals surface area contributed by atoms with Crippen LogP contribution < -0.4 is 0 Å². The molecule has 0 saturated carbocycles. The second kappa shape index (κ2) is 5.49. The van der Waals surface area contributed by atoms with E-state index < -0.39 is 21.9 Å². The van der Waals surface area contributed by atoms with Crippen molar-refractivity contribution in [3.63, 3.8) is 0 Å². The molecule has 1 N–H and O–H groups in total. The molecule has 1 rings (SSSR count). The molecule has 1 unspecified atom stereocenters. The second-order valence-electron chi connectivity index (χ2n) is 4.07. The van der Waals surface area contributed by atoms with Crippen LogP contribution in [0.15, 0.2) is 17.6 Å². The predicted octanol–water partition coefficient (Wildman–Crippen LogP) is 0.244. The molecule has 7 nitrogen and oxygen atoms in total. The molecule has 0 aliphatic heterocycles. The van der Waals surface area contributed by atoms with Gasteiger partial charge in [0.1, 0.15) is 0 Å². The number of hydrogen-bond acceptors (Lipinski definition) is 4. The Kier molecular flexibility index (Phi) is 4.47. The lowest BCUT2D eigenvalue weighted by Gasteiger charge is -2.17. The van der Waals surface area contributed by atoms with Crippen LogP contribution in [0.5, 0.6) is 0 Å². The molecule has 0 aliphatic rings. The fourth-order valence-electron chi connectivity index (χ4n) is 1.37. The Morgan fingerprint density at radius 1 is 1.61 bits per heavy atom. The Balaban J connectivity index is 2.89. The SMILES string of the molecule is CCn1cnc(S(=O)(=O)N(C)CC(C)C(=O)O)c1.